The molecule has 0 saturated carbocycles. The lowest BCUT2D eigenvalue weighted by Gasteiger charge is -2.30. The number of alkyl carbamates (subject to hydrolysis) is 2. The molecule has 0 radical (unpaired) electrons. The van der Waals surface area contributed by atoms with Crippen LogP contribution in [0.3, 0.4) is 0 Å². The molecule has 2 aromatic heterocycles. The standard InChI is InChI=1S/C41H51N9O7/c1-22(2)33(47-40(54)56-5)38(52)49-17-7-9-31(49)36-43-20-29(45-36)25-13-11-24(12-14-25)27-16-15-26(19-28(27)35(42)51)30-21-44-37(46-30)32-10-8-18-50(32)39(53)34(23(3)4)48-41(55)57-6/h11-16,19-23,31-34H,7-10,17-18H2,1-6H3,(H2,42,51)(H,43,45)(H,44,46)(H,47,54)(H,48,55)/t31-,32-,33-,34-/m0/s1. The number of likely N-dealkylation sites (tertiary alicyclic amines) is 2. The average molecular weight is 782 g/mol. The largest absolute Gasteiger partial charge is 0.453 e. The van der Waals surface area contributed by atoms with Gasteiger partial charge in [-0.1, -0.05) is 64.1 Å². The van der Waals surface area contributed by atoms with Gasteiger partial charge in [0.15, 0.2) is 0 Å². The topological polar surface area (TPSA) is 218 Å². The zero-order valence-corrected chi connectivity index (χ0v) is 33.1. The summed E-state index contributed by atoms with van der Waals surface area (Å²) in [6.45, 7) is 8.58. The maximum Gasteiger partial charge on any atom is 0.407 e. The van der Waals surface area contributed by atoms with Crippen molar-refractivity contribution in [1.29, 1.82) is 0 Å². The summed E-state index contributed by atoms with van der Waals surface area (Å²) in [5.41, 5.74) is 10.7. The molecule has 57 heavy (non-hydrogen) atoms. The highest BCUT2D eigenvalue weighted by Gasteiger charge is 2.39. The predicted molar refractivity (Wildman–Crippen MR) is 211 cm³/mol. The van der Waals surface area contributed by atoms with Crippen molar-refractivity contribution in [2.45, 2.75) is 77.5 Å². The van der Waals surface area contributed by atoms with Crippen molar-refractivity contribution in [3.63, 3.8) is 0 Å². The van der Waals surface area contributed by atoms with E-state index in [4.69, 9.17) is 15.2 Å². The molecular weight excluding hydrogens is 731 g/mol. The first-order valence-electron chi connectivity index (χ1n) is 19.3. The smallest absolute Gasteiger partial charge is 0.407 e. The minimum absolute atomic E-state index is 0.136. The molecule has 0 unspecified atom stereocenters. The Hall–Kier alpha value is -6.19. The zero-order valence-electron chi connectivity index (χ0n) is 33.1. The Morgan fingerprint density at radius 3 is 1.58 bits per heavy atom. The molecular formula is C41H51N9O7. The van der Waals surface area contributed by atoms with Crippen molar-refractivity contribution < 1.29 is 33.4 Å². The molecule has 0 bridgehead atoms. The van der Waals surface area contributed by atoms with Crippen LogP contribution in [0.4, 0.5) is 9.59 Å². The lowest BCUT2D eigenvalue weighted by molar-refractivity contribution is -0.136. The van der Waals surface area contributed by atoms with Crippen molar-refractivity contribution in [3.8, 4) is 33.6 Å². The SMILES string of the molecule is COC(=O)N[C@H](C(=O)N1CCC[C@H]1c1ncc(-c2ccc(-c3ccc(-c4cnc([C@@H]5CCCN5C(=O)[C@@H](NC(=O)OC)C(C)C)[nH]4)cc3C(N)=O)cc2)[nH]1)C(C)C. The number of nitrogens with two attached hydrogens (primary N) is 1. The number of carbonyl (C=O) groups is 5. The number of methoxy groups -OCH3 is 2. The van der Waals surface area contributed by atoms with E-state index in [0.29, 0.717) is 53.5 Å². The second-order valence-electron chi connectivity index (χ2n) is 15.2. The van der Waals surface area contributed by atoms with Crippen molar-refractivity contribution in [1.82, 2.24) is 40.4 Å². The molecule has 302 valence electrons. The molecule has 6 rings (SSSR count). The van der Waals surface area contributed by atoms with E-state index in [1.54, 1.807) is 28.3 Å². The van der Waals surface area contributed by atoms with Gasteiger partial charge in [0.1, 0.15) is 23.7 Å². The fourth-order valence-corrected chi connectivity index (χ4v) is 7.69. The van der Waals surface area contributed by atoms with Crippen LogP contribution in [0.2, 0.25) is 0 Å². The van der Waals surface area contributed by atoms with Gasteiger partial charge in [0.05, 0.1) is 50.1 Å². The van der Waals surface area contributed by atoms with Gasteiger partial charge in [-0.2, -0.15) is 0 Å². The third kappa shape index (κ3) is 8.64. The number of hydrogen-bond acceptors (Lipinski definition) is 9. The van der Waals surface area contributed by atoms with E-state index in [-0.39, 0.29) is 35.7 Å². The highest BCUT2D eigenvalue weighted by atomic mass is 16.5. The van der Waals surface area contributed by atoms with Gasteiger partial charge in [-0.25, -0.2) is 19.6 Å². The van der Waals surface area contributed by atoms with Crippen LogP contribution in [0.5, 0.6) is 0 Å². The average Bonchev–Trinajstić information content (AvgIpc) is 4.05. The Balaban J connectivity index is 1.17. The maximum atomic E-state index is 13.6. The molecule has 4 atom stereocenters. The Morgan fingerprint density at radius 2 is 1.14 bits per heavy atom. The highest BCUT2D eigenvalue weighted by Crippen LogP contribution is 2.36. The number of benzene rings is 2. The van der Waals surface area contributed by atoms with Gasteiger partial charge in [0.2, 0.25) is 17.7 Å². The quantitative estimate of drug-likeness (QED) is 0.125. The van der Waals surface area contributed by atoms with E-state index < -0.39 is 30.2 Å². The van der Waals surface area contributed by atoms with Crippen LogP contribution in [-0.4, -0.2) is 99.0 Å². The first kappa shape index (κ1) is 40.5. The van der Waals surface area contributed by atoms with E-state index in [2.05, 4.69) is 30.6 Å². The second-order valence-corrected chi connectivity index (χ2v) is 15.2. The van der Waals surface area contributed by atoms with Gasteiger partial charge >= 0.3 is 12.2 Å². The summed E-state index contributed by atoms with van der Waals surface area (Å²) in [4.78, 5) is 83.4. The second kappa shape index (κ2) is 17.3. The lowest BCUT2D eigenvalue weighted by atomic mass is 9.95. The van der Waals surface area contributed by atoms with Crippen LogP contribution in [0, 0.1) is 11.8 Å². The van der Waals surface area contributed by atoms with E-state index in [0.717, 1.165) is 36.1 Å². The van der Waals surface area contributed by atoms with Gasteiger partial charge < -0.3 is 45.6 Å². The molecule has 16 heteroatoms. The first-order chi connectivity index (χ1) is 27.3. The van der Waals surface area contributed by atoms with E-state index in [1.165, 1.54) is 14.2 Å². The molecule has 2 aliphatic rings. The summed E-state index contributed by atoms with van der Waals surface area (Å²) in [5.74, 6) is 0.0218. The van der Waals surface area contributed by atoms with Crippen LogP contribution >= 0.6 is 0 Å². The molecule has 5 amide bonds. The van der Waals surface area contributed by atoms with Crippen molar-refractivity contribution in [2.24, 2.45) is 17.6 Å². The third-order valence-electron chi connectivity index (χ3n) is 10.8. The molecule has 16 nitrogen and oxygen atoms in total. The Kier molecular flexibility index (Phi) is 12.3. The number of nitrogens with one attached hydrogen (secondary N) is 4. The molecule has 2 saturated heterocycles. The Bertz CT molecular complexity index is 2110. The molecule has 4 aromatic rings. The number of aromatic nitrogens is 4. The number of imidazole rings is 2. The Labute approximate surface area is 331 Å². The number of nitrogens with zero attached hydrogens (tertiary/aromatic N) is 4. The monoisotopic (exact) mass is 781 g/mol. The molecule has 2 fully saturated rings. The van der Waals surface area contributed by atoms with Crippen molar-refractivity contribution in [3.05, 3.63) is 72.1 Å². The van der Waals surface area contributed by atoms with Gasteiger partial charge in [-0.05, 0) is 60.3 Å². The van der Waals surface area contributed by atoms with Crippen LogP contribution in [0.25, 0.3) is 33.6 Å². The number of rotatable bonds is 12. The van der Waals surface area contributed by atoms with Gasteiger partial charge in [0.25, 0.3) is 0 Å². The molecule has 2 aliphatic heterocycles. The maximum absolute atomic E-state index is 13.6. The number of amides is 5. The normalized spacial score (nSPS) is 17.8. The number of H-pyrrole nitrogens is 2. The summed E-state index contributed by atoms with van der Waals surface area (Å²) < 4.78 is 9.49. The number of aromatic amines is 2. The molecule has 0 aliphatic carbocycles. The fourth-order valence-electron chi connectivity index (χ4n) is 7.69. The summed E-state index contributed by atoms with van der Waals surface area (Å²) in [7, 11) is 2.54. The summed E-state index contributed by atoms with van der Waals surface area (Å²) >= 11 is 0. The van der Waals surface area contributed by atoms with E-state index in [1.807, 2.05) is 64.1 Å². The third-order valence-corrected chi connectivity index (χ3v) is 10.8. The lowest BCUT2D eigenvalue weighted by Crippen LogP contribution is -2.51. The van der Waals surface area contributed by atoms with Crippen LogP contribution < -0.4 is 16.4 Å². The summed E-state index contributed by atoms with van der Waals surface area (Å²) in [5, 5.41) is 5.34. The number of primary amides is 1. The van der Waals surface area contributed by atoms with Crippen molar-refractivity contribution in [2.75, 3.05) is 27.3 Å². The minimum atomic E-state index is -0.744. The molecule has 2 aromatic carbocycles. The van der Waals surface area contributed by atoms with Gasteiger partial charge in [0, 0.05) is 24.2 Å². The number of ether oxygens (including phenoxy) is 2. The van der Waals surface area contributed by atoms with Gasteiger partial charge in [-0.15, -0.1) is 0 Å². The molecule has 4 heterocycles. The minimum Gasteiger partial charge on any atom is -0.453 e. The molecule has 6 N–H and O–H groups in total. The number of carbonyl (C=O) groups excluding carboxylic acids is 5. The predicted octanol–water partition coefficient (Wildman–Crippen LogP) is 5.32. The van der Waals surface area contributed by atoms with Crippen molar-refractivity contribution >= 4 is 29.9 Å². The molecule has 0 spiro atoms. The van der Waals surface area contributed by atoms with Crippen LogP contribution in [0.15, 0.2) is 54.9 Å². The summed E-state index contributed by atoms with van der Waals surface area (Å²) in [6, 6.07) is 11.1. The zero-order chi connectivity index (χ0) is 41.0. The van der Waals surface area contributed by atoms with E-state index >= 15 is 0 Å². The van der Waals surface area contributed by atoms with E-state index in [9.17, 15) is 24.0 Å². The first-order valence-corrected chi connectivity index (χ1v) is 19.3. The summed E-state index contributed by atoms with van der Waals surface area (Å²) in [6.07, 6.45) is 5.14. The Morgan fingerprint density at radius 1 is 0.702 bits per heavy atom. The highest BCUT2D eigenvalue weighted by molar-refractivity contribution is 6.01. The van der Waals surface area contributed by atoms with Crippen LogP contribution in [-0.2, 0) is 19.1 Å². The fraction of sp³-hybridized carbons (Fsp3) is 0.439. The number of hydrogen-bond donors (Lipinski definition) is 5. The van der Waals surface area contributed by atoms with Gasteiger partial charge in [-0.3, -0.25) is 14.4 Å². The van der Waals surface area contributed by atoms with Crippen LogP contribution in [0.1, 0.15) is 87.5 Å².